The van der Waals surface area contributed by atoms with Gasteiger partial charge in [-0.25, -0.2) is 43.2 Å². The highest BCUT2D eigenvalue weighted by atomic mass is 16.8. The first-order chi connectivity index (χ1) is 57.8. The molecule has 2 fully saturated rings. The molecule has 0 radical (unpaired) electrons. The van der Waals surface area contributed by atoms with E-state index < -0.39 is 356 Å². The van der Waals surface area contributed by atoms with Crippen molar-refractivity contribution in [3.8, 4) is 177 Å². The van der Waals surface area contributed by atoms with Crippen LogP contribution < -0.4 is 0 Å². The Morgan fingerprint density at radius 1 is 0.252 bits per heavy atom. The Balaban J connectivity index is 0.000000228. The van der Waals surface area contributed by atoms with Crippen LogP contribution in [0.5, 0.6) is 155 Å². The van der Waals surface area contributed by atoms with E-state index in [1.165, 1.54) is 0 Å². The number of fused-ring (bicyclic) bond motifs is 8. The molecule has 28 N–H and O–H groups in total. The molecule has 0 bridgehead atoms. The maximum atomic E-state index is 14.4. The molecule has 48 heteroatoms. The first kappa shape index (κ1) is 85.1. The summed E-state index contributed by atoms with van der Waals surface area (Å²) in [7, 11) is 0. The Morgan fingerprint density at radius 3 is 0.732 bits per heavy atom. The topological polar surface area (TPSA) is 822 Å². The van der Waals surface area contributed by atoms with Crippen molar-refractivity contribution in [3.63, 3.8) is 0 Å². The lowest BCUT2D eigenvalue weighted by Gasteiger charge is -2.43. The van der Waals surface area contributed by atoms with Gasteiger partial charge in [0.2, 0.25) is 35.4 Å². The second-order valence-corrected chi connectivity index (χ2v) is 26.3. The quantitative estimate of drug-likeness (QED) is 0.0531. The van der Waals surface area contributed by atoms with Crippen molar-refractivity contribution in [3.05, 3.63) is 135 Å². The van der Waals surface area contributed by atoms with Crippen LogP contribution in [0.4, 0.5) is 0 Å². The molecule has 123 heavy (non-hydrogen) atoms. The monoisotopic (exact) mass is 1720 g/mol. The highest BCUT2D eigenvalue weighted by Gasteiger charge is 2.57. The van der Waals surface area contributed by atoms with E-state index >= 15 is 0 Å². The molecule has 644 valence electrons. The second kappa shape index (κ2) is 32.3. The van der Waals surface area contributed by atoms with Crippen molar-refractivity contribution in [2.45, 2.75) is 61.4 Å². The third-order valence-electron chi connectivity index (χ3n) is 18.6. The second-order valence-electron chi connectivity index (χ2n) is 26.3. The summed E-state index contributed by atoms with van der Waals surface area (Å²) in [6, 6.07) is 7.54. The zero-order valence-electron chi connectivity index (χ0n) is 60.5. The van der Waals surface area contributed by atoms with Crippen LogP contribution in [-0.2, 0) is 52.1 Å². The summed E-state index contributed by atoms with van der Waals surface area (Å²) in [5, 5.41) is 288. The SMILES string of the molecule is O=C(OC1[C@H](O)OC2COC(=O)c3cc(O)c(O)c(O)c3-c3c(cc(O)c(O)c3O)C(=O)O[C@H]2[C@@H]1OC(=O)c1cc(O)c(O)c(O)c1)c1cc(O)c(O)c(O)c1.O=C(OC1[C@H](OC(=O)c2cc(O)c(O)c(O)c2)OC2COC(=O)c3cc(O)c(O)c(O)c3-c3c(cc(O)c(O)c3O)C(=O)O[C@H]2[C@@H]1OC(=O)c1cc(O)c(O)c(O)c1)c1cc(O)c(O)c(O)c1. The molecule has 13 rings (SSSR count). The maximum Gasteiger partial charge on any atom is 0.340 e. The number of phenolic OH excluding ortho intramolecular Hbond substituents is 27. The lowest BCUT2D eigenvalue weighted by atomic mass is 9.92. The molecule has 0 saturated carbocycles. The number of cyclic esters (lactones) is 2. The fraction of sp³-hybridized carbons (Fsp3) is 0.160. The molecule has 9 aromatic carbocycles. The average Bonchev–Trinajstić information content (AvgIpc) is 1.70. The highest BCUT2D eigenvalue weighted by Crippen LogP contribution is 2.56. The summed E-state index contributed by atoms with van der Waals surface area (Å²) in [6.07, 6.45) is -23.4. The van der Waals surface area contributed by atoms with E-state index in [1.807, 2.05) is 0 Å². The number of phenols is 27. The van der Waals surface area contributed by atoms with E-state index in [0.29, 0.717) is 84.9 Å². The van der Waals surface area contributed by atoms with Gasteiger partial charge in [-0.05, 0) is 84.9 Å². The first-order valence-electron chi connectivity index (χ1n) is 34.0. The van der Waals surface area contributed by atoms with Crippen molar-refractivity contribution < 1.29 is 238 Å². The van der Waals surface area contributed by atoms with Gasteiger partial charge in [0.05, 0.1) is 50.1 Å². The van der Waals surface area contributed by atoms with E-state index in [-0.39, 0.29) is 0 Å². The van der Waals surface area contributed by atoms with Gasteiger partial charge in [-0.15, -0.1) is 0 Å². The minimum atomic E-state index is -2.55. The predicted molar refractivity (Wildman–Crippen MR) is 382 cm³/mol. The predicted octanol–water partition coefficient (Wildman–Crippen LogP) is 2.35. The Labute approximate surface area is 676 Å². The number of aliphatic hydroxyl groups is 1. The number of carbonyl (C=O) groups is 9. The van der Waals surface area contributed by atoms with Crippen molar-refractivity contribution in [1.29, 1.82) is 0 Å². The summed E-state index contributed by atoms with van der Waals surface area (Å²) in [6.45, 7) is -2.36. The molecular weight excluding hydrogens is 1670 g/mol. The van der Waals surface area contributed by atoms with Crippen LogP contribution >= 0.6 is 0 Å². The van der Waals surface area contributed by atoms with Crippen LogP contribution in [0.15, 0.2) is 84.9 Å². The standard InChI is InChI=1S/C41H30O26.C34H26O22/c42-15-1-10(2-16(43)26(15)50)36(57)65-34-33-23(9-62-39(60)13-7-21(48)29(53)31(55)24(13)25-14(40(61)64-33)8-22(49)30(54)32(25)56)63-41(67-38(59)12-5-19(46)28(52)20(47)6-12)35(34)66-37(58)11-3-17(44)27(51)18(45)4-11;35-12-1-8(2-13(36)21(12)41)30(47)55-28-27-18(53-34(51)29(28)56-31(48)9-3-14(37)22(42)15(38)4-9)7-52-32(49)10-5-16(39)23(43)25(45)19(10)20-11(33(50)54-27)6-17(40)24(44)26(20)46/h1-8,23,33-35,41-56H,9H2;1-6,18,27-29,34-46,51H,7H2/t23?,33-,34+,35?,41+;18?,27-,28+,29?,34-/m11/s1. The van der Waals surface area contributed by atoms with Crippen LogP contribution in [0.1, 0.15) is 93.2 Å². The van der Waals surface area contributed by atoms with Crippen molar-refractivity contribution in [1.82, 2.24) is 0 Å². The molecular formula is C75H56O48. The van der Waals surface area contributed by atoms with Gasteiger partial charge in [0.15, 0.2) is 169 Å². The molecule has 10 atom stereocenters. The summed E-state index contributed by atoms with van der Waals surface area (Å²) in [5.41, 5.74) is -11.9. The van der Waals surface area contributed by atoms with E-state index in [4.69, 9.17) is 52.1 Å². The van der Waals surface area contributed by atoms with E-state index in [0.717, 1.165) is 0 Å². The molecule has 4 aliphatic heterocycles. The molecule has 0 aliphatic carbocycles. The molecule has 4 heterocycles. The third-order valence-corrected chi connectivity index (χ3v) is 18.6. The molecule has 0 aromatic heterocycles. The minimum Gasteiger partial charge on any atom is -0.504 e. The van der Waals surface area contributed by atoms with Gasteiger partial charge in [0, 0.05) is 22.3 Å². The van der Waals surface area contributed by atoms with Crippen LogP contribution in [0.25, 0.3) is 22.3 Å². The molecule has 4 aliphatic rings. The number of aromatic hydroxyl groups is 27. The minimum absolute atomic E-state index is 0.402. The number of aliphatic hydroxyl groups excluding tert-OH is 1. The van der Waals surface area contributed by atoms with Gasteiger partial charge >= 0.3 is 53.7 Å². The van der Waals surface area contributed by atoms with Crippen LogP contribution in [0, 0.1) is 0 Å². The molecule has 0 spiro atoms. The molecule has 4 unspecified atom stereocenters. The van der Waals surface area contributed by atoms with Gasteiger partial charge in [0.25, 0.3) is 0 Å². The maximum absolute atomic E-state index is 14.4. The lowest BCUT2D eigenvalue weighted by Crippen LogP contribution is -2.63. The number of ether oxygens (including phenoxy) is 11. The number of hydrogen-bond donors (Lipinski definition) is 28. The summed E-state index contributed by atoms with van der Waals surface area (Å²) >= 11 is 0. The van der Waals surface area contributed by atoms with Crippen LogP contribution in [0.2, 0.25) is 0 Å². The van der Waals surface area contributed by atoms with Gasteiger partial charge in [-0.2, -0.15) is 0 Å². The third kappa shape index (κ3) is 15.8. The Kier molecular flexibility index (Phi) is 22.3. The lowest BCUT2D eigenvalue weighted by molar-refractivity contribution is -0.284. The largest absolute Gasteiger partial charge is 0.504 e. The highest BCUT2D eigenvalue weighted by molar-refractivity contribution is 6.10. The van der Waals surface area contributed by atoms with Crippen LogP contribution in [-0.4, -0.2) is 271 Å². The Morgan fingerprint density at radius 2 is 0.463 bits per heavy atom. The van der Waals surface area contributed by atoms with E-state index in [2.05, 4.69) is 0 Å². The normalized spacial score (nSPS) is 19.7. The number of esters is 9. The zero-order valence-corrected chi connectivity index (χ0v) is 60.5. The van der Waals surface area contributed by atoms with Gasteiger partial charge in [-0.3, -0.25) is 0 Å². The fourth-order valence-electron chi connectivity index (χ4n) is 12.6. The van der Waals surface area contributed by atoms with Crippen molar-refractivity contribution in [2.75, 3.05) is 13.2 Å². The zero-order chi connectivity index (χ0) is 90.2. The van der Waals surface area contributed by atoms with E-state index in [1.54, 1.807) is 0 Å². The Hall–Kier alpha value is -17.3. The first-order valence-corrected chi connectivity index (χ1v) is 34.0. The summed E-state index contributed by atoms with van der Waals surface area (Å²) < 4.78 is 60.5. The number of rotatable bonds is 10. The average molecular weight is 1730 g/mol. The molecule has 0 amide bonds. The number of hydrogen-bond acceptors (Lipinski definition) is 48. The van der Waals surface area contributed by atoms with Crippen molar-refractivity contribution >= 4 is 53.7 Å². The number of benzene rings is 9. The molecule has 48 nitrogen and oxygen atoms in total. The fourth-order valence-corrected chi connectivity index (χ4v) is 12.6. The summed E-state index contributed by atoms with van der Waals surface area (Å²) in [4.78, 5) is 124. The molecule has 9 aromatic rings. The number of carbonyl (C=O) groups excluding carboxylic acids is 9. The van der Waals surface area contributed by atoms with Gasteiger partial charge < -0.3 is 195 Å². The molecule has 2 saturated heterocycles. The van der Waals surface area contributed by atoms with Gasteiger partial charge in [-0.1, -0.05) is 0 Å². The summed E-state index contributed by atoms with van der Waals surface area (Å²) in [5.74, 6) is -46.7. The smallest absolute Gasteiger partial charge is 0.340 e. The van der Waals surface area contributed by atoms with Crippen molar-refractivity contribution in [2.24, 2.45) is 0 Å². The van der Waals surface area contributed by atoms with Crippen LogP contribution in [0.3, 0.4) is 0 Å². The Bertz CT molecular complexity index is 5870. The van der Waals surface area contributed by atoms with E-state index in [9.17, 15) is 186 Å². The van der Waals surface area contributed by atoms with Gasteiger partial charge in [0.1, 0.15) is 25.4 Å².